The lowest BCUT2D eigenvalue weighted by Gasteiger charge is -2.17. The highest BCUT2D eigenvalue weighted by molar-refractivity contribution is 4.71. The molecule has 1 aliphatic carbocycles. The lowest BCUT2D eigenvalue weighted by molar-refractivity contribution is 0.343. The average molecular weight is 170 g/mol. The molecule has 12 heavy (non-hydrogen) atoms. The maximum Gasteiger partial charge on any atom is -0.0388 e. The first kappa shape index (κ1) is 12.0. The van der Waals surface area contributed by atoms with E-state index in [1.54, 1.807) is 0 Å². The SMILES string of the molecule is CC.CCCC(C)C1CCCC1. The predicted octanol–water partition coefficient (Wildman–Crippen LogP) is 4.64. The third-order valence-corrected chi connectivity index (χ3v) is 2.95. The molecule has 0 aromatic heterocycles. The first-order valence-electron chi connectivity index (χ1n) is 5.84. The second kappa shape index (κ2) is 7.64. The van der Waals surface area contributed by atoms with Crippen LogP contribution in [0.1, 0.15) is 66.2 Å². The van der Waals surface area contributed by atoms with Gasteiger partial charge in [-0.3, -0.25) is 0 Å². The molecule has 1 fully saturated rings. The van der Waals surface area contributed by atoms with Crippen molar-refractivity contribution in [3.63, 3.8) is 0 Å². The van der Waals surface area contributed by atoms with E-state index in [1.165, 1.54) is 38.5 Å². The Morgan fingerprint density at radius 1 is 1.17 bits per heavy atom. The summed E-state index contributed by atoms with van der Waals surface area (Å²) in [6.45, 7) is 8.73. The van der Waals surface area contributed by atoms with Crippen molar-refractivity contribution in [3.8, 4) is 0 Å². The summed E-state index contributed by atoms with van der Waals surface area (Å²) in [5.41, 5.74) is 0. The molecule has 0 aromatic carbocycles. The summed E-state index contributed by atoms with van der Waals surface area (Å²) in [4.78, 5) is 0. The van der Waals surface area contributed by atoms with E-state index in [2.05, 4.69) is 13.8 Å². The lowest BCUT2D eigenvalue weighted by Crippen LogP contribution is -2.06. The Balaban J connectivity index is 0.000000561. The third kappa shape index (κ3) is 4.13. The van der Waals surface area contributed by atoms with Crippen LogP contribution in [0.5, 0.6) is 0 Å². The summed E-state index contributed by atoms with van der Waals surface area (Å²) in [6, 6.07) is 0. The highest BCUT2D eigenvalue weighted by Crippen LogP contribution is 2.33. The Kier molecular flexibility index (Phi) is 7.64. The quantitative estimate of drug-likeness (QED) is 0.579. The molecule has 0 aliphatic heterocycles. The van der Waals surface area contributed by atoms with E-state index in [0.29, 0.717) is 0 Å². The van der Waals surface area contributed by atoms with Crippen LogP contribution in [-0.2, 0) is 0 Å². The van der Waals surface area contributed by atoms with Gasteiger partial charge >= 0.3 is 0 Å². The first-order chi connectivity index (χ1) is 5.84. The van der Waals surface area contributed by atoms with Crippen molar-refractivity contribution in [2.75, 3.05) is 0 Å². The molecule has 0 radical (unpaired) electrons. The van der Waals surface area contributed by atoms with E-state index in [1.807, 2.05) is 13.8 Å². The van der Waals surface area contributed by atoms with Crippen molar-refractivity contribution in [3.05, 3.63) is 0 Å². The largest absolute Gasteiger partial charge is 0.0683 e. The fraction of sp³-hybridized carbons (Fsp3) is 1.00. The number of hydrogen-bond donors (Lipinski definition) is 0. The van der Waals surface area contributed by atoms with Crippen molar-refractivity contribution in [2.24, 2.45) is 11.8 Å². The van der Waals surface area contributed by atoms with Crippen LogP contribution < -0.4 is 0 Å². The van der Waals surface area contributed by atoms with Crippen molar-refractivity contribution in [1.82, 2.24) is 0 Å². The van der Waals surface area contributed by atoms with Crippen LogP contribution >= 0.6 is 0 Å². The van der Waals surface area contributed by atoms with Crippen LogP contribution in [0.15, 0.2) is 0 Å². The molecule has 0 amide bonds. The zero-order valence-corrected chi connectivity index (χ0v) is 9.40. The molecule has 1 aliphatic rings. The van der Waals surface area contributed by atoms with Gasteiger partial charge in [0.15, 0.2) is 0 Å². The molecule has 0 spiro atoms. The predicted molar refractivity (Wildman–Crippen MR) is 57.4 cm³/mol. The van der Waals surface area contributed by atoms with Gasteiger partial charge in [0, 0.05) is 0 Å². The van der Waals surface area contributed by atoms with Crippen LogP contribution in [0.25, 0.3) is 0 Å². The molecule has 1 rings (SSSR count). The molecule has 74 valence electrons. The Labute approximate surface area is 78.8 Å². The number of hydrogen-bond acceptors (Lipinski definition) is 0. The number of rotatable bonds is 3. The second-order valence-electron chi connectivity index (χ2n) is 3.81. The molecule has 0 nitrogen and oxygen atoms in total. The summed E-state index contributed by atoms with van der Waals surface area (Å²) >= 11 is 0. The molecule has 0 bridgehead atoms. The van der Waals surface area contributed by atoms with Gasteiger partial charge in [-0.2, -0.15) is 0 Å². The van der Waals surface area contributed by atoms with Crippen molar-refractivity contribution in [1.29, 1.82) is 0 Å². The van der Waals surface area contributed by atoms with Crippen LogP contribution in [0.2, 0.25) is 0 Å². The van der Waals surface area contributed by atoms with E-state index < -0.39 is 0 Å². The van der Waals surface area contributed by atoms with Crippen molar-refractivity contribution in [2.45, 2.75) is 66.2 Å². The fourth-order valence-electron chi connectivity index (χ4n) is 2.22. The van der Waals surface area contributed by atoms with Gasteiger partial charge < -0.3 is 0 Å². The van der Waals surface area contributed by atoms with E-state index in [-0.39, 0.29) is 0 Å². The van der Waals surface area contributed by atoms with Crippen molar-refractivity contribution >= 4 is 0 Å². The molecule has 0 saturated heterocycles. The minimum atomic E-state index is 1.01. The molecular formula is C12H26. The zero-order chi connectivity index (χ0) is 9.40. The average Bonchev–Trinajstić information content (AvgIpc) is 2.60. The van der Waals surface area contributed by atoms with Gasteiger partial charge in [0.25, 0.3) is 0 Å². The summed E-state index contributed by atoms with van der Waals surface area (Å²) in [6.07, 6.45) is 8.85. The van der Waals surface area contributed by atoms with Gasteiger partial charge in [0.1, 0.15) is 0 Å². The van der Waals surface area contributed by atoms with Crippen LogP contribution in [0.3, 0.4) is 0 Å². The Bertz CT molecular complexity index is 80.0. The molecule has 1 saturated carbocycles. The van der Waals surface area contributed by atoms with Crippen LogP contribution in [0, 0.1) is 11.8 Å². The van der Waals surface area contributed by atoms with Gasteiger partial charge in [-0.05, 0) is 11.8 Å². The molecule has 1 atom stereocenters. The summed E-state index contributed by atoms with van der Waals surface area (Å²) < 4.78 is 0. The van der Waals surface area contributed by atoms with Crippen LogP contribution in [-0.4, -0.2) is 0 Å². The highest BCUT2D eigenvalue weighted by Gasteiger charge is 2.20. The maximum atomic E-state index is 2.43. The fourth-order valence-corrected chi connectivity index (χ4v) is 2.22. The Morgan fingerprint density at radius 3 is 2.08 bits per heavy atom. The highest BCUT2D eigenvalue weighted by atomic mass is 14.3. The van der Waals surface area contributed by atoms with Crippen LogP contribution in [0.4, 0.5) is 0 Å². The lowest BCUT2D eigenvalue weighted by atomic mass is 9.89. The maximum absolute atomic E-state index is 2.43. The smallest absolute Gasteiger partial charge is 0.0388 e. The van der Waals surface area contributed by atoms with E-state index in [0.717, 1.165) is 11.8 Å². The molecule has 0 aromatic rings. The topological polar surface area (TPSA) is 0 Å². The van der Waals surface area contributed by atoms with E-state index >= 15 is 0 Å². The molecule has 0 N–H and O–H groups in total. The third-order valence-electron chi connectivity index (χ3n) is 2.95. The van der Waals surface area contributed by atoms with Gasteiger partial charge in [-0.15, -0.1) is 0 Å². The summed E-state index contributed by atoms with van der Waals surface area (Å²) in [5, 5.41) is 0. The Morgan fingerprint density at radius 2 is 1.67 bits per heavy atom. The molecule has 1 unspecified atom stereocenters. The summed E-state index contributed by atoms with van der Waals surface area (Å²) in [5.74, 6) is 2.09. The summed E-state index contributed by atoms with van der Waals surface area (Å²) in [7, 11) is 0. The molecule has 0 heterocycles. The monoisotopic (exact) mass is 170 g/mol. The van der Waals surface area contributed by atoms with Crippen molar-refractivity contribution < 1.29 is 0 Å². The Hall–Kier alpha value is 0. The second-order valence-corrected chi connectivity index (χ2v) is 3.81. The standard InChI is InChI=1S/C10H20.C2H6/c1-3-6-9(2)10-7-4-5-8-10;1-2/h9-10H,3-8H2,1-2H3;1-2H3. The van der Waals surface area contributed by atoms with Gasteiger partial charge in [0.2, 0.25) is 0 Å². The minimum absolute atomic E-state index is 1.01. The first-order valence-corrected chi connectivity index (χ1v) is 5.84. The van der Waals surface area contributed by atoms with E-state index in [9.17, 15) is 0 Å². The van der Waals surface area contributed by atoms with Gasteiger partial charge in [-0.25, -0.2) is 0 Å². The molecule has 0 heteroatoms. The van der Waals surface area contributed by atoms with Gasteiger partial charge in [0.05, 0.1) is 0 Å². The minimum Gasteiger partial charge on any atom is -0.0683 e. The molecular weight excluding hydrogens is 144 g/mol. The van der Waals surface area contributed by atoms with E-state index in [4.69, 9.17) is 0 Å². The zero-order valence-electron chi connectivity index (χ0n) is 9.40. The normalized spacial score (nSPS) is 20.0. The van der Waals surface area contributed by atoms with Gasteiger partial charge in [-0.1, -0.05) is 66.2 Å².